The minimum Gasteiger partial charge on any atom is -0.383 e. The molecule has 0 bridgehead atoms. The van der Waals surface area contributed by atoms with Crippen molar-refractivity contribution in [1.29, 1.82) is 0 Å². The van der Waals surface area contributed by atoms with Gasteiger partial charge in [0.05, 0.1) is 13.2 Å². The van der Waals surface area contributed by atoms with Crippen LogP contribution in [0.15, 0.2) is 36.7 Å². The molecule has 6 heteroatoms. The highest BCUT2D eigenvalue weighted by Crippen LogP contribution is 2.11. The van der Waals surface area contributed by atoms with E-state index in [1.165, 1.54) is 12.1 Å². The van der Waals surface area contributed by atoms with Crippen LogP contribution in [0.3, 0.4) is 0 Å². The summed E-state index contributed by atoms with van der Waals surface area (Å²) in [5, 5.41) is 0. The molecular formula is C18H24FN3O2. The Morgan fingerprint density at radius 1 is 1.42 bits per heavy atom. The van der Waals surface area contributed by atoms with E-state index in [0.717, 1.165) is 11.4 Å². The molecule has 0 atom stereocenters. The largest absolute Gasteiger partial charge is 0.383 e. The van der Waals surface area contributed by atoms with E-state index in [2.05, 4.69) is 4.98 Å². The van der Waals surface area contributed by atoms with Crippen molar-refractivity contribution in [2.24, 2.45) is 5.92 Å². The third kappa shape index (κ3) is 4.89. The summed E-state index contributed by atoms with van der Waals surface area (Å²) in [5.41, 5.74) is 0.855. The lowest BCUT2D eigenvalue weighted by atomic mass is 10.2. The smallest absolute Gasteiger partial charge is 0.225 e. The lowest BCUT2D eigenvalue weighted by molar-refractivity contribution is -0.135. The van der Waals surface area contributed by atoms with E-state index in [-0.39, 0.29) is 17.6 Å². The van der Waals surface area contributed by atoms with Crippen molar-refractivity contribution in [3.8, 4) is 0 Å². The number of benzene rings is 1. The summed E-state index contributed by atoms with van der Waals surface area (Å²) in [4.78, 5) is 18.5. The van der Waals surface area contributed by atoms with E-state index in [9.17, 15) is 9.18 Å². The van der Waals surface area contributed by atoms with Gasteiger partial charge in [-0.25, -0.2) is 9.37 Å². The van der Waals surface area contributed by atoms with Crippen molar-refractivity contribution in [3.63, 3.8) is 0 Å². The Balaban J connectivity index is 2.13. The van der Waals surface area contributed by atoms with Crippen molar-refractivity contribution in [2.45, 2.75) is 26.9 Å². The molecule has 0 aliphatic heterocycles. The molecule has 0 fully saturated rings. The van der Waals surface area contributed by atoms with Crippen LogP contribution in [0.4, 0.5) is 4.39 Å². The van der Waals surface area contributed by atoms with Crippen LogP contribution in [0, 0.1) is 11.7 Å². The van der Waals surface area contributed by atoms with E-state index < -0.39 is 0 Å². The third-order valence-electron chi connectivity index (χ3n) is 3.75. The van der Waals surface area contributed by atoms with Crippen molar-refractivity contribution in [2.75, 3.05) is 20.3 Å². The van der Waals surface area contributed by atoms with Gasteiger partial charge in [0, 0.05) is 38.5 Å². The van der Waals surface area contributed by atoms with Gasteiger partial charge in [-0.15, -0.1) is 0 Å². The van der Waals surface area contributed by atoms with Crippen molar-refractivity contribution < 1.29 is 13.9 Å². The standard InChI is InChI=1S/C18H24FN3O2/c1-14(2)18(23)22(9-10-24-3)13-17-20-7-8-21(17)12-15-5-4-6-16(19)11-15/h4-8,11,14H,9-10,12-13H2,1-3H3. The molecule has 0 aliphatic carbocycles. The van der Waals surface area contributed by atoms with E-state index in [1.807, 2.05) is 30.7 Å². The summed E-state index contributed by atoms with van der Waals surface area (Å²) >= 11 is 0. The summed E-state index contributed by atoms with van der Waals surface area (Å²) in [6.45, 7) is 5.66. The second-order valence-corrected chi connectivity index (χ2v) is 6.01. The van der Waals surface area contributed by atoms with Crippen molar-refractivity contribution in [3.05, 3.63) is 53.9 Å². The second-order valence-electron chi connectivity index (χ2n) is 6.01. The molecule has 1 heterocycles. The van der Waals surface area contributed by atoms with Gasteiger partial charge in [0.25, 0.3) is 0 Å². The maximum atomic E-state index is 13.3. The molecule has 2 aromatic rings. The summed E-state index contributed by atoms with van der Waals surface area (Å²) in [5.74, 6) is 0.482. The molecule has 24 heavy (non-hydrogen) atoms. The minimum atomic E-state index is -0.258. The van der Waals surface area contributed by atoms with Gasteiger partial charge >= 0.3 is 0 Å². The average molecular weight is 333 g/mol. The van der Waals surface area contributed by atoms with E-state index in [1.54, 1.807) is 24.3 Å². The number of methoxy groups -OCH3 is 1. The Hall–Kier alpha value is -2.21. The predicted molar refractivity (Wildman–Crippen MR) is 89.9 cm³/mol. The summed E-state index contributed by atoms with van der Waals surface area (Å²) in [6.07, 6.45) is 3.54. The fourth-order valence-electron chi connectivity index (χ4n) is 2.47. The zero-order valence-corrected chi connectivity index (χ0v) is 14.4. The SMILES string of the molecule is COCCN(Cc1nccn1Cc1cccc(F)c1)C(=O)C(C)C. The fourth-order valence-corrected chi connectivity index (χ4v) is 2.47. The Labute approximate surface area is 142 Å². The molecule has 1 aromatic carbocycles. The number of carbonyl (C=O) groups excluding carboxylic acids is 1. The Morgan fingerprint density at radius 3 is 2.88 bits per heavy atom. The van der Waals surface area contributed by atoms with Crippen LogP contribution in [-0.4, -0.2) is 40.6 Å². The predicted octanol–water partition coefficient (Wildman–Crippen LogP) is 2.70. The number of rotatable bonds is 8. The van der Waals surface area contributed by atoms with Crippen LogP contribution in [0.1, 0.15) is 25.2 Å². The highest BCUT2D eigenvalue weighted by atomic mass is 19.1. The van der Waals surface area contributed by atoms with Crippen LogP contribution in [-0.2, 0) is 22.6 Å². The number of hydrogen-bond donors (Lipinski definition) is 0. The van der Waals surface area contributed by atoms with Gasteiger partial charge in [0.2, 0.25) is 5.91 Å². The van der Waals surface area contributed by atoms with Gasteiger partial charge in [-0.3, -0.25) is 4.79 Å². The number of amides is 1. The molecule has 5 nitrogen and oxygen atoms in total. The molecule has 0 unspecified atom stereocenters. The topological polar surface area (TPSA) is 47.4 Å². The zero-order chi connectivity index (χ0) is 17.5. The zero-order valence-electron chi connectivity index (χ0n) is 14.4. The normalized spacial score (nSPS) is 11.0. The molecule has 1 amide bonds. The molecular weight excluding hydrogens is 309 g/mol. The van der Waals surface area contributed by atoms with E-state index in [4.69, 9.17) is 4.74 Å². The number of hydrogen-bond acceptors (Lipinski definition) is 3. The molecule has 0 radical (unpaired) electrons. The molecule has 0 spiro atoms. The first kappa shape index (κ1) is 18.1. The maximum absolute atomic E-state index is 13.3. The van der Waals surface area contributed by atoms with E-state index >= 15 is 0 Å². The number of carbonyl (C=O) groups is 1. The highest BCUT2D eigenvalue weighted by Gasteiger charge is 2.19. The quantitative estimate of drug-likeness (QED) is 0.746. The van der Waals surface area contributed by atoms with Gasteiger partial charge in [0.1, 0.15) is 11.6 Å². The summed E-state index contributed by atoms with van der Waals surface area (Å²) in [7, 11) is 1.61. The van der Waals surface area contributed by atoms with Gasteiger partial charge in [-0.2, -0.15) is 0 Å². The monoisotopic (exact) mass is 333 g/mol. The van der Waals surface area contributed by atoms with Gasteiger partial charge in [-0.05, 0) is 17.7 Å². The molecule has 1 aromatic heterocycles. The number of halogens is 1. The van der Waals surface area contributed by atoms with Crippen LogP contribution in [0.25, 0.3) is 0 Å². The lowest BCUT2D eigenvalue weighted by Gasteiger charge is -2.24. The van der Waals surface area contributed by atoms with Crippen molar-refractivity contribution in [1.82, 2.24) is 14.5 Å². The molecule has 0 saturated heterocycles. The van der Waals surface area contributed by atoms with Gasteiger partial charge in [-0.1, -0.05) is 26.0 Å². The highest BCUT2D eigenvalue weighted by molar-refractivity contribution is 5.78. The van der Waals surface area contributed by atoms with Crippen molar-refractivity contribution >= 4 is 5.91 Å². The number of ether oxygens (including phenoxy) is 1. The lowest BCUT2D eigenvalue weighted by Crippen LogP contribution is -2.37. The number of imidazole rings is 1. The van der Waals surface area contributed by atoms with Crippen LogP contribution in [0.2, 0.25) is 0 Å². The Morgan fingerprint density at radius 2 is 2.21 bits per heavy atom. The summed E-state index contributed by atoms with van der Waals surface area (Å²) < 4.78 is 20.4. The van der Waals surface area contributed by atoms with Crippen LogP contribution < -0.4 is 0 Å². The molecule has 0 saturated carbocycles. The first-order valence-corrected chi connectivity index (χ1v) is 8.03. The van der Waals surface area contributed by atoms with Gasteiger partial charge in [0.15, 0.2) is 0 Å². The van der Waals surface area contributed by atoms with E-state index in [0.29, 0.717) is 26.2 Å². The average Bonchev–Trinajstić information content (AvgIpc) is 2.97. The fraction of sp³-hybridized carbons (Fsp3) is 0.444. The first-order chi connectivity index (χ1) is 11.5. The second kappa shape index (κ2) is 8.59. The molecule has 0 aliphatic rings. The Kier molecular flexibility index (Phi) is 6.49. The molecule has 0 N–H and O–H groups in total. The van der Waals surface area contributed by atoms with Crippen LogP contribution in [0.5, 0.6) is 0 Å². The summed E-state index contributed by atoms with van der Waals surface area (Å²) in [6, 6.07) is 6.49. The number of nitrogens with zero attached hydrogens (tertiary/aromatic N) is 3. The van der Waals surface area contributed by atoms with Crippen LogP contribution >= 0.6 is 0 Å². The molecule has 2 rings (SSSR count). The Bertz CT molecular complexity index is 670. The minimum absolute atomic E-state index is 0.0624. The number of aromatic nitrogens is 2. The first-order valence-electron chi connectivity index (χ1n) is 8.03. The van der Waals surface area contributed by atoms with Gasteiger partial charge < -0.3 is 14.2 Å². The maximum Gasteiger partial charge on any atom is 0.225 e. The molecule has 130 valence electrons. The third-order valence-corrected chi connectivity index (χ3v) is 3.75.